The highest BCUT2D eigenvalue weighted by Gasteiger charge is 2.05. The predicted octanol–water partition coefficient (Wildman–Crippen LogP) is 3.59. The molecule has 0 saturated heterocycles. The molecule has 0 unspecified atom stereocenters. The molecule has 28 heavy (non-hydrogen) atoms. The van der Waals surface area contributed by atoms with Gasteiger partial charge in [0.1, 0.15) is 0 Å². The Morgan fingerprint density at radius 1 is 0.714 bits per heavy atom. The van der Waals surface area contributed by atoms with Crippen molar-refractivity contribution in [2.45, 2.75) is 52.4 Å². The van der Waals surface area contributed by atoms with Gasteiger partial charge in [-0.15, -0.1) is 0 Å². The number of carbonyl (C=O) groups is 2. The fourth-order valence-corrected chi connectivity index (χ4v) is 2.94. The van der Waals surface area contributed by atoms with E-state index in [9.17, 15) is 9.59 Å². The van der Waals surface area contributed by atoms with Crippen molar-refractivity contribution < 1.29 is 9.59 Å². The molecule has 0 aliphatic carbocycles. The van der Waals surface area contributed by atoms with Crippen molar-refractivity contribution in [3.8, 4) is 0 Å². The van der Waals surface area contributed by atoms with Crippen LogP contribution in [0.15, 0.2) is 36.7 Å². The van der Waals surface area contributed by atoms with Crippen molar-refractivity contribution in [1.82, 2.24) is 20.6 Å². The Morgan fingerprint density at radius 2 is 1.11 bits per heavy atom. The van der Waals surface area contributed by atoms with Crippen molar-refractivity contribution >= 4 is 11.8 Å². The maximum atomic E-state index is 12.0. The highest BCUT2D eigenvalue weighted by Crippen LogP contribution is 2.06. The third-order valence-electron chi connectivity index (χ3n) is 4.49. The van der Waals surface area contributed by atoms with Gasteiger partial charge < -0.3 is 10.6 Å². The lowest BCUT2D eigenvalue weighted by molar-refractivity contribution is 0.0944. The molecule has 0 aliphatic heterocycles. The molecule has 2 N–H and O–H groups in total. The number of hydrogen-bond acceptors (Lipinski definition) is 4. The van der Waals surface area contributed by atoms with E-state index in [0.29, 0.717) is 24.2 Å². The average Bonchev–Trinajstić information content (AvgIpc) is 2.69. The first-order valence-electron chi connectivity index (χ1n) is 9.98. The first-order chi connectivity index (χ1) is 13.6. The van der Waals surface area contributed by atoms with Crippen LogP contribution in [0, 0.1) is 13.8 Å². The molecule has 6 heteroatoms. The number of aromatic nitrogens is 2. The van der Waals surface area contributed by atoms with Gasteiger partial charge in [-0.1, -0.05) is 25.7 Å². The number of nitrogens with one attached hydrogen (secondary N) is 2. The van der Waals surface area contributed by atoms with Crippen LogP contribution in [0.4, 0.5) is 0 Å². The first kappa shape index (κ1) is 21.5. The minimum Gasteiger partial charge on any atom is -0.352 e. The zero-order valence-electron chi connectivity index (χ0n) is 16.8. The molecule has 0 aromatic carbocycles. The molecule has 150 valence electrons. The maximum Gasteiger partial charge on any atom is 0.251 e. The van der Waals surface area contributed by atoms with Gasteiger partial charge in [0.2, 0.25) is 0 Å². The summed E-state index contributed by atoms with van der Waals surface area (Å²) in [5, 5.41) is 5.90. The van der Waals surface area contributed by atoms with Gasteiger partial charge in [0.05, 0.1) is 0 Å². The molecular weight excluding hydrogens is 352 g/mol. The minimum atomic E-state index is -0.0365. The van der Waals surface area contributed by atoms with Gasteiger partial charge in [0.15, 0.2) is 0 Å². The topological polar surface area (TPSA) is 84.0 Å². The van der Waals surface area contributed by atoms with E-state index in [4.69, 9.17) is 0 Å². The lowest BCUT2D eigenvalue weighted by Crippen LogP contribution is -2.24. The number of pyridine rings is 2. The van der Waals surface area contributed by atoms with E-state index in [1.54, 1.807) is 36.7 Å². The van der Waals surface area contributed by atoms with Gasteiger partial charge in [0.25, 0.3) is 11.8 Å². The van der Waals surface area contributed by atoms with E-state index in [2.05, 4.69) is 20.6 Å². The van der Waals surface area contributed by atoms with E-state index >= 15 is 0 Å². The van der Waals surface area contributed by atoms with Gasteiger partial charge in [-0.3, -0.25) is 19.6 Å². The molecule has 2 aromatic rings. The largest absolute Gasteiger partial charge is 0.352 e. The molecule has 0 saturated carbocycles. The lowest BCUT2D eigenvalue weighted by atomic mass is 10.1. The molecule has 0 atom stereocenters. The number of amides is 2. The summed E-state index contributed by atoms with van der Waals surface area (Å²) >= 11 is 0. The molecule has 0 spiro atoms. The Labute approximate surface area is 167 Å². The Hall–Kier alpha value is -2.76. The second-order valence-electron chi connectivity index (χ2n) is 7.00. The third kappa shape index (κ3) is 7.86. The fraction of sp³-hybridized carbons (Fsp3) is 0.455. The molecule has 0 aliphatic rings. The lowest BCUT2D eigenvalue weighted by Gasteiger charge is -2.07. The van der Waals surface area contributed by atoms with Gasteiger partial charge in [0, 0.05) is 48.0 Å². The van der Waals surface area contributed by atoms with Gasteiger partial charge >= 0.3 is 0 Å². The molecule has 0 bridgehead atoms. The highest BCUT2D eigenvalue weighted by atomic mass is 16.2. The molecule has 6 nitrogen and oxygen atoms in total. The van der Waals surface area contributed by atoms with E-state index in [0.717, 1.165) is 49.9 Å². The number of rotatable bonds is 11. The maximum absolute atomic E-state index is 12.0. The van der Waals surface area contributed by atoms with E-state index in [1.165, 1.54) is 0 Å². The summed E-state index contributed by atoms with van der Waals surface area (Å²) in [4.78, 5) is 32.2. The summed E-state index contributed by atoms with van der Waals surface area (Å²) in [7, 11) is 0. The van der Waals surface area contributed by atoms with Crippen LogP contribution in [0.2, 0.25) is 0 Å². The van der Waals surface area contributed by atoms with Crippen molar-refractivity contribution in [2.24, 2.45) is 0 Å². The SMILES string of the molecule is Cc1cc(C(=O)NCCCCCCCCNC(=O)c2ccnc(C)c2)ccn1. The summed E-state index contributed by atoms with van der Waals surface area (Å²) in [5.41, 5.74) is 3.02. The van der Waals surface area contributed by atoms with Crippen LogP contribution in [-0.4, -0.2) is 34.9 Å². The van der Waals surface area contributed by atoms with Crippen LogP contribution >= 0.6 is 0 Å². The number of unbranched alkanes of at least 4 members (excludes halogenated alkanes) is 5. The zero-order chi connectivity index (χ0) is 20.2. The van der Waals surface area contributed by atoms with Crippen LogP contribution in [0.25, 0.3) is 0 Å². The highest BCUT2D eigenvalue weighted by molar-refractivity contribution is 5.94. The molecule has 2 heterocycles. The molecule has 0 radical (unpaired) electrons. The van der Waals surface area contributed by atoms with Crippen LogP contribution in [-0.2, 0) is 0 Å². The second kappa shape index (κ2) is 11.8. The molecule has 2 amide bonds. The smallest absolute Gasteiger partial charge is 0.251 e. The Morgan fingerprint density at radius 3 is 1.50 bits per heavy atom. The van der Waals surface area contributed by atoms with Crippen LogP contribution < -0.4 is 10.6 Å². The number of aryl methyl sites for hydroxylation is 2. The Kier molecular flexibility index (Phi) is 9.11. The zero-order valence-corrected chi connectivity index (χ0v) is 16.8. The third-order valence-corrected chi connectivity index (χ3v) is 4.49. The minimum absolute atomic E-state index is 0.0365. The second-order valence-corrected chi connectivity index (χ2v) is 7.00. The van der Waals surface area contributed by atoms with Crippen molar-refractivity contribution in [3.63, 3.8) is 0 Å². The summed E-state index contributed by atoms with van der Waals surface area (Å²) < 4.78 is 0. The first-order valence-corrected chi connectivity index (χ1v) is 9.98. The summed E-state index contributed by atoms with van der Waals surface area (Å²) in [5.74, 6) is -0.0729. The Bertz CT molecular complexity index is 711. The normalized spacial score (nSPS) is 10.5. The van der Waals surface area contributed by atoms with Crippen molar-refractivity contribution in [3.05, 3.63) is 59.2 Å². The number of hydrogen-bond donors (Lipinski definition) is 2. The van der Waals surface area contributed by atoms with Gasteiger partial charge in [-0.2, -0.15) is 0 Å². The molecule has 2 rings (SSSR count). The quantitative estimate of drug-likeness (QED) is 0.582. The summed E-state index contributed by atoms with van der Waals surface area (Å²) in [6.07, 6.45) is 9.75. The molecule has 0 fully saturated rings. The predicted molar refractivity (Wildman–Crippen MR) is 110 cm³/mol. The van der Waals surface area contributed by atoms with Gasteiger partial charge in [-0.05, 0) is 51.0 Å². The Balaban J connectivity index is 1.45. The molecular formula is C22H30N4O2. The van der Waals surface area contributed by atoms with Crippen LogP contribution in [0.3, 0.4) is 0 Å². The van der Waals surface area contributed by atoms with Crippen molar-refractivity contribution in [2.75, 3.05) is 13.1 Å². The number of nitrogens with zero attached hydrogens (tertiary/aromatic N) is 2. The van der Waals surface area contributed by atoms with Crippen molar-refractivity contribution in [1.29, 1.82) is 0 Å². The van der Waals surface area contributed by atoms with Gasteiger partial charge in [-0.25, -0.2) is 0 Å². The monoisotopic (exact) mass is 382 g/mol. The van der Waals surface area contributed by atoms with Crippen LogP contribution in [0.5, 0.6) is 0 Å². The number of carbonyl (C=O) groups excluding carboxylic acids is 2. The average molecular weight is 383 g/mol. The van der Waals surface area contributed by atoms with E-state index < -0.39 is 0 Å². The summed E-state index contributed by atoms with van der Waals surface area (Å²) in [6, 6.07) is 7.06. The van der Waals surface area contributed by atoms with Crippen LogP contribution in [0.1, 0.15) is 70.6 Å². The van der Waals surface area contributed by atoms with E-state index in [1.807, 2.05) is 13.8 Å². The summed E-state index contributed by atoms with van der Waals surface area (Å²) in [6.45, 7) is 5.15. The standard InChI is InChI=1S/C22H30N4O2/c1-17-15-19(9-13-23-17)21(27)25-11-7-5-3-4-6-8-12-26-22(28)20-10-14-24-18(2)16-20/h9-10,13-16H,3-8,11-12H2,1-2H3,(H,25,27)(H,26,28). The van der Waals surface area contributed by atoms with E-state index in [-0.39, 0.29) is 11.8 Å². The molecule has 2 aromatic heterocycles. The fourth-order valence-electron chi connectivity index (χ4n) is 2.94.